The third kappa shape index (κ3) is 4.19. The number of aliphatic hydroxyl groups is 1. The van der Waals surface area contributed by atoms with E-state index >= 15 is 0 Å². The maximum atomic E-state index is 13.9. The minimum Gasteiger partial charge on any atom is -0.415 e. The van der Waals surface area contributed by atoms with Gasteiger partial charge in [0, 0.05) is 30.9 Å². The van der Waals surface area contributed by atoms with E-state index < -0.39 is 30.3 Å². The number of carbonyl (C=O) groups excluding carboxylic acids is 1. The Hall–Kier alpha value is -3.24. The van der Waals surface area contributed by atoms with E-state index in [2.05, 4.69) is 10.2 Å². The lowest BCUT2D eigenvalue weighted by molar-refractivity contribution is -0.0214. The molecule has 0 radical (unpaired) electrons. The molecule has 34 heavy (non-hydrogen) atoms. The van der Waals surface area contributed by atoms with Crippen LogP contribution >= 0.6 is 0 Å². The Kier molecular flexibility index (Phi) is 6.09. The molecule has 3 aromatic rings. The summed E-state index contributed by atoms with van der Waals surface area (Å²) in [5, 5.41) is 18.3. The Morgan fingerprint density at radius 3 is 2.59 bits per heavy atom. The molecule has 0 saturated carbocycles. The summed E-state index contributed by atoms with van der Waals surface area (Å²) in [5.41, 5.74) is 1.84. The second kappa shape index (κ2) is 9.19. The molecule has 0 spiro atoms. The largest absolute Gasteiger partial charge is 0.415 e. The summed E-state index contributed by atoms with van der Waals surface area (Å²) in [6, 6.07) is 10.0. The Morgan fingerprint density at radius 2 is 1.88 bits per heavy atom. The monoisotopic (exact) mass is 473 g/mol. The highest BCUT2D eigenvalue weighted by Gasteiger charge is 2.41. The third-order valence-corrected chi connectivity index (χ3v) is 6.44. The smallest absolute Gasteiger partial charge is 0.314 e. The number of rotatable bonds is 6. The van der Waals surface area contributed by atoms with Gasteiger partial charge in [0.2, 0.25) is 5.89 Å². The van der Waals surface area contributed by atoms with Gasteiger partial charge in [0.1, 0.15) is 5.82 Å². The van der Waals surface area contributed by atoms with Gasteiger partial charge in [-0.1, -0.05) is 18.2 Å². The van der Waals surface area contributed by atoms with Crippen LogP contribution in [0.25, 0.3) is 11.5 Å². The van der Waals surface area contributed by atoms with Gasteiger partial charge in [-0.2, -0.15) is 8.78 Å². The van der Waals surface area contributed by atoms with Crippen LogP contribution in [0.5, 0.6) is 0 Å². The number of nitrogens with zero attached hydrogens (tertiary/aromatic N) is 3. The summed E-state index contributed by atoms with van der Waals surface area (Å²) in [5.74, 6) is -1.72. The number of aromatic nitrogens is 2. The summed E-state index contributed by atoms with van der Waals surface area (Å²) in [6.07, 6.45) is -2.68. The van der Waals surface area contributed by atoms with Crippen molar-refractivity contribution in [1.82, 2.24) is 15.1 Å². The summed E-state index contributed by atoms with van der Waals surface area (Å²) in [6.45, 7) is 1.29. The Bertz CT molecular complexity index is 1200. The molecule has 2 aromatic carbocycles. The van der Waals surface area contributed by atoms with Crippen molar-refractivity contribution in [2.75, 3.05) is 13.2 Å². The Morgan fingerprint density at radius 1 is 1.09 bits per heavy atom. The zero-order chi connectivity index (χ0) is 23.8. The van der Waals surface area contributed by atoms with Gasteiger partial charge in [-0.15, -0.1) is 10.2 Å². The number of amides is 1. The van der Waals surface area contributed by atoms with Gasteiger partial charge in [-0.3, -0.25) is 4.79 Å². The fourth-order valence-electron chi connectivity index (χ4n) is 4.76. The second-order valence-corrected chi connectivity index (χ2v) is 8.49. The summed E-state index contributed by atoms with van der Waals surface area (Å²) in [7, 11) is 0. The molecule has 2 aliphatic rings. The van der Waals surface area contributed by atoms with Gasteiger partial charge in [-0.25, -0.2) is 4.39 Å². The number of carbonyl (C=O) groups is 1. The molecule has 178 valence electrons. The first-order chi connectivity index (χ1) is 16.4. The molecular weight excluding hydrogens is 451 g/mol. The van der Waals surface area contributed by atoms with Crippen molar-refractivity contribution in [3.63, 3.8) is 0 Å². The average molecular weight is 473 g/mol. The third-order valence-electron chi connectivity index (χ3n) is 6.44. The standard InChI is InChI=1S/C24H22F3N3O4/c25-17-3-1-2-14(10-17)20(31)19(13-6-8-33-9-7-13)30-12-16-5-4-15(11-18(16)24(30)32)22-28-29-23(34-22)21(26)27/h1-5,10-11,13,19-21,31H,6-9,12H2/t19-,20+/m1/s1. The molecule has 1 saturated heterocycles. The molecule has 2 atom stereocenters. The van der Waals surface area contributed by atoms with Crippen LogP contribution in [-0.4, -0.2) is 45.4 Å². The Labute approximate surface area is 193 Å². The molecular formula is C24H22F3N3O4. The topological polar surface area (TPSA) is 88.7 Å². The number of hydrogen-bond acceptors (Lipinski definition) is 6. The highest BCUT2D eigenvalue weighted by Crippen LogP contribution is 2.38. The van der Waals surface area contributed by atoms with Gasteiger partial charge >= 0.3 is 6.43 Å². The predicted molar refractivity (Wildman–Crippen MR) is 113 cm³/mol. The molecule has 1 fully saturated rings. The van der Waals surface area contributed by atoms with Crippen molar-refractivity contribution < 1.29 is 32.2 Å². The van der Waals surface area contributed by atoms with Crippen molar-refractivity contribution in [3.05, 3.63) is 70.9 Å². The zero-order valence-corrected chi connectivity index (χ0v) is 18.0. The number of benzene rings is 2. The van der Waals surface area contributed by atoms with Crippen molar-refractivity contribution in [1.29, 1.82) is 0 Å². The van der Waals surface area contributed by atoms with Gasteiger partial charge in [0.15, 0.2) is 0 Å². The molecule has 10 heteroatoms. The summed E-state index contributed by atoms with van der Waals surface area (Å²) >= 11 is 0. The number of alkyl halides is 2. The van der Waals surface area contributed by atoms with Crippen LogP contribution in [0, 0.1) is 11.7 Å². The molecule has 1 aromatic heterocycles. The van der Waals surface area contributed by atoms with E-state index in [9.17, 15) is 23.1 Å². The quantitative estimate of drug-likeness (QED) is 0.575. The number of aliphatic hydroxyl groups excluding tert-OH is 1. The first-order valence-corrected chi connectivity index (χ1v) is 11.0. The summed E-state index contributed by atoms with van der Waals surface area (Å²) < 4.78 is 50.0. The van der Waals surface area contributed by atoms with E-state index in [0.717, 1.165) is 5.56 Å². The fourth-order valence-corrected chi connectivity index (χ4v) is 4.76. The molecule has 1 N–H and O–H groups in total. The normalized spacial score (nSPS) is 18.4. The summed E-state index contributed by atoms with van der Waals surface area (Å²) in [4.78, 5) is 15.1. The van der Waals surface area contributed by atoms with Gasteiger partial charge in [0.25, 0.3) is 11.8 Å². The average Bonchev–Trinajstić information content (AvgIpc) is 3.46. The van der Waals surface area contributed by atoms with Crippen LogP contribution in [0.15, 0.2) is 46.9 Å². The number of halogens is 3. The van der Waals surface area contributed by atoms with E-state index in [1.165, 1.54) is 24.3 Å². The first-order valence-electron chi connectivity index (χ1n) is 11.0. The molecule has 7 nitrogen and oxygen atoms in total. The highest BCUT2D eigenvalue weighted by atomic mass is 19.3. The zero-order valence-electron chi connectivity index (χ0n) is 18.0. The SMILES string of the molecule is O=C1c2cc(-c3nnc(C(F)F)o3)ccc2CN1[C@H](C1CCOCC1)[C@@H](O)c1cccc(F)c1. The Balaban J connectivity index is 1.47. The van der Waals surface area contributed by atoms with Crippen LogP contribution in [0.4, 0.5) is 13.2 Å². The first kappa shape index (κ1) is 22.5. The van der Waals surface area contributed by atoms with Crippen molar-refractivity contribution in [2.45, 2.75) is 38.0 Å². The lowest BCUT2D eigenvalue weighted by Gasteiger charge is -2.39. The van der Waals surface area contributed by atoms with Crippen molar-refractivity contribution in [3.8, 4) is 11.5 Å². The molecule has 2 aliphatic heterocycles. The van der Waals surface area contributed by atoms with Crippen LogP contribution in [0.1, 0.15) is 52.7 Å². The van der Waals surface area contributed by atoms with E-state index in [4.69, 9.17) is 9.15 Å². The number of hydrogen-bond donors (Lipinski definition) is 1. The van der Waals surface area contributed by atoms with Crippen LogP contribution < -0.4 is 0 Å². The van der Waals surface area contributed by atoms with Gasteiger partial charge < -0.3 is 19.2 Å². The minimum absolute atomic E-state index is 0.0470. The fraction of sp³-hybridized carbons (Fsp3) is 0.375. The maximum absolute atomic E-state index is 13.9. The lowest BCUT2D eigenvalue weighted by atomic mass is 9.84. The number of ether oxygens (including phenoxy) is 1. The van der Waals surface area contributed by atoms with E-state index in [1.807, 2.05) is 0 Å². The van der Waals surface area contributed by atoms with E-state index in [-0.39, 0.29) is 24.3 Å². The van der Waals surface area contributed by atoms with Crippen LogP contribution in [-0.2, 0) is 11.3 Å². The predicted octanol–water partition coefficient (Wildman–Crippen LogP) is 4.30. The van der Waals surface area contributed by atoms with Crippen molar-refractivity contribution in [2.24, 2.45) is 5.92 Å². The van der Waals surface area contributed by atoms with Gasteiger partial charge in [0.05, 0.1) is 12.1 Å². The van der Waals surface area contributed by atoms with Gasteiger partial charge in [-0.05, 0) is 54.2 Å². The van der Waals surface area contributed by atoms with Crippen molar-refractivity contribution >= 4 is 5.91 Å². The molecule has 0 bridgehead atoms. The maximum Gasteiger partial charge on any atom is 0.314 e. The molecule has 0 aliphatic carbocycles. The minimum atomic E-state index is -2.89. The van der Waals surface area contributed by atoms with Crippen LogP contribution in [0.3, 0.4) is 0 Å². The van der Waals surface area contributed by atoms with E-state index in [0.29, 0.717) is 42.7 Å². The molecule has 1 amide bonds. The molecule has 0 unspecified atom stereocenters. The molecule has 3 heterocycles. The lowest BCUT2D eigenvalue weighted by Crippen LogP contribution is -2.46. The van der Waals surface area contributed by atoms with E-state index in [1.54, 1.807) is 23.1 Å². The van der Waals surface area contributed by atoms with Crippen LogP contribution in [0.2, 0.25) is 0 Å². The second-order valence-electron chi connectivity index (χ2n) is 8.49. The highest BCUT2D eigenvalue weighted by molar-refractivity contribution is 5.99. The number of fused-ring (bicyclic) bond motifs is 1. The molecule has 5 rings (SSSR count).